The van der Waals surface area contributed by atoms with Crippen molar-refractivity contribution in [3.63, 3.8) is 0 Å². The highest BCUT2D eigenvalue weighted by atomic mass is 35.5. The molecular formula is C24H18Cl2FNO4S. The number of amides is 1. The lowest BCUT2D eigenvalue weighted by atomic mass is 10.0. The first-order valence-corrected chi connectivity index (χ1v) is 11.8. The molecule has 170 valence electrons. The SMILES string of the molecule is O=C(O)[C@@H]1SCCN1C(=O)c1ccc(OC(c2ccc(Cl)cc2)c2ccccc2Cl)c(F)c1. The van der Waals surface area contributed by atoms with Crippen LogP contribution in [0.1, 0.15) is 27.6 Å². The van der Waals surface area contributed by atoms with Gasteiger partial charge in [-0.2, -0.15) is 0 Å². The molecule has 1 aliphatic rings. The molecular weight excluding hydrogens is 488 g/mol. The molecule has 4 rings (SSSR count). The van der Waals surface area contributed by atoms with Gasteiger partial charge in [0.2, 0.25) is 0 Å². The van der Waals surface area contributed by atoms with Crippen LogP contribution in [-0.2, 0) is 4.79 Å². The Morgan fingerprint density at radius 1 is 1.09 bits per heavy atom. The maximum Gasteiger partial charge on any atom is 0.337 e. The van der Waals surface area contributed by atoms with E-state index in [-0.39, 0.29) is 17.9 Å². The molecule has 1 fully saturated rings. The number of nitrogens with zero attached hydrogens (tertiary/aromatic N) is 1. The smallest absolute Gasteiger partial charge is 0.337 e. The Morgan fingerprint density at radius 3 is 2.48 bits per heavy atom. The van der Waals surface area contributed by atoms with Crippen LogP contribution < -0.4 is 4.74 Å². The molecule has 1 amide bonds. The number of carbonyl (C=O) groups is 2. The Bertz CT molecular complexity index is 1190. The summed E-state index contributed by atoms with van der Waals surface area (Å²) in [6.07, 6.45) is -0.724. The second kappa shape index (κ2) is 10.0. The molecule has 9 heteroatoms. The van der Waals surface area contributed by atoms with E-state index >= 15 is 4.39 Å². The normalized spacial score (nSPS) is 16.5. The van der Waals surface area contributed by atoms with Crippen LogP contribution in [0.25, 0.3) is 0 Å². The summed E-state index contributed by atoms with van der Waals surface area (Å²) in [5.74, 6) is -1.95. The molecule has 0 aliphatic carbocycles. The number of hydrogen-bond donors (Lipinski definition) is 1. The van der Waals surface area contributed by atoms with Gasteiger partial charge >= 0.3 is 5.97 Å². The van der Waals surface area contributed by atoms with Crippen molar-refractivity contribution in [3.8, 4) is 5.75 Å². The first kappa shape index (κ1) is 23.4. The summed E-state index contributed by atoms with van der Waals surface area (Å²) in [5.41, 5.74) is 1.40. The summed E-state index contributed by atoms with van der Waals surface area (Å²) < 4.78 is 21.1. The van der Waals surface area contributed by atoms with Crippen LogP contribution in [-0.4, -0.2) is 39.6 Å². The van der Waals surface area contributed by atoms with Crippen LogP contribution in [0.3, 0.4) is 0 Å². The van der Waals surface area contributed by atoms with Gasteiger partial charge in [0.05, 0.1) is 0 Å². The second-order valence-electron chi connectivity index (χ2n) is 7.28. The standard InChI is InChI=1S/C24H18Cl2FNO4S/c25-16-8-5-14(6-9-16)21(17-3-1-2-4-18(17)26)32-20-10-7-15(13-19(20)27)22(29)28-11-12-33-23(28)24(30)31/h1-10,13,21,23H,11-12H2,(H,30,31)/t21?,23-/m0/s1. The van der Waals surface area contributed by atoms with Crippen LogP contribution in [0.15, 0.2) is 66.7 Å². The molecule has 1 aliphatic heterocycles. The number of hydrogen-bond acceptors (Lipinski definition) is 4. The van der Waals surface area contributed by atoms with E-state index in [4.69, 9.17) is 27.9 Å². The number of halogens is 3. The van der Waals surface area contributed by atoms with Crippen LogP contribution in [0.5, 0.6) is 5.75 Å². The third kappa shape index (κ3) is 5.11. The van der Waals surface area contributed by atoms with Gasteiger partial charge in [0.25, 0.3) is 5.91 Å². The quantitative estimate of drug-likeness (QED) is 0.451. The summed E-state index contributed by atoms with van der Waals surface area (Å²) in [7, 11) is 0. The topological polar surface area (TPSA) is 66.8 Å². The van der Waals surface area contributed by atoms with E-state index in [1.54, 1.807) is 48.5 Å². The number of carboxylic acids is 1. The van der Waals surface area contributed by atoms with Crippen molar-refractivity contribution < 1.29 is 23.8 Å². The Kier molecular flexibility index (Phi) is 7.12. The summed E-state index contributed by atoms with van der Waals surface area (Å²) in [4.78, 5) is 25.4. The van der Waals surface area contributed by atoms with Crippen LogP contribution in [0.4, 0.5) is 4.39 Å². The van der Waals surface area contributed by atoms with Crippen molar-refractivity contribution in [2.45, 2.75) is 11.5 Å². The Labute approximate surface area is 204 Å². The fraction of sp³-hybridized carbons (Fsp3) is 0.167. The largest absolute Gasteiger partial charge is 0.479 e. The van der Waals surface area contributed by atoms with Crippen molar-refractivity contribution in [3.05, 3.63) is 99.3 Å². The minimum atomic E-state index is -1.10. The monoisotopic (exact) mass is 505 g/mol. The molecule has 5 nitrogen and oxygen atoms in total. The van der Waals surface area contributed by atoms with Gasteiger partial charge in [0.1, 0.15) is 0 Å². The molecule has 0 radical (unpaired) electrons. The fourth-order valence-corrected chi connectivity index (χ4v) is 4.95. The third-order valence-corrected chi connectivity index (χ3v) is 6.93. The first-order valence-electron chi connectivity index (χ1n) is 9.96. The number of carboxylic acid groups (broad SMARTS) is 1. The summed E-state index contributed by atoms with van der Waals surface area (Å²) in [5, 5.41) is 9.33. The van der Waals surface area contributed by atoms with Gasteiger partial charge in [0.15, 0.2) is 23.0 Å². The van der Waals surface area contributed by atoms with Crippen molar-refractivity contribution in [2.24, 2.45) is 0 Å². The Morgan fingerprint density at radius 2 is 1.82 bits per heavy atom. The zero-order chi connectivity index (χ0) is 23.5. The molecule has 3 aromatic carbocycles. The highest BCUT2D eigenvalue weighted by Crippen LogP contribution is 2.35. The average molecular weight is 506 g/mol. The van der Waals surface area contributed by atoms with Crippen molar-refractivity contribution >= 4 is 46.8 Å². The molecule has 0 saturated carbocycles. The first-order chi connectivity index (χ1) is 15.8. The summed E-state index contributed by atoms with van der Waals surface area (Å²) in [6.45, 7) is 0.283. The zero-order valence-corrected chi connectivity index (χ0v) is 19.4. The van der Waals surface area contributed by atoms with Gasteiger partial charge in [-0.3, -0.25) is 4.79 Å². The van der Waals surface area contributed by atoms with Crippen LogP contribution in [0, 0.1) is 5.82 Å². The molecule has 1 saturated heterocycles. The molecule has 2 atom stereocenters. The van der Waals surface area contributed by atoms with E-state index in [0.29, 0.717) is 26.9 Å². The number of thioether (sulfide) groups is 1. The lowest BCUT2D eigenvalue weighted by Crippen LogP contribution is -2.39. The molecule has 1 N–H and O–H groups in total. The maximum atomic E-state index is 15.0. The van der Waals surface area contributed by atoms with Gasteiger partial charge in [-0.15, -0.1) is 11.8 Å². The van der Waals surface area contributed by atoms with Crippen molar-refractivity contribution in [1.82, 2.24) is 4.90 Å². The lowest BCUT2D eigenvalue weighted by Gasteiger charge is -2.23. The van der Waals surface area contributed by atoms with Gasteiger partial charge < -0.3 is 14.7 Å². The van der Waals surface area contributed by atoms with E-state index in [9.17, 15) is 14.7 Å². The van der Waals surface area contributed by atoms with Crippen LogP contribution >= 0.6 is 35.0 Å². The molecule has 3 aromatic rings. The average Bonchev–Trinajstić information content (AvgIpc) is 3.30. The molecule has 0 spiro atoms. The molecule has 33 heavy (non-hydrogen) atoms. The summed E-state index contributed by atoms with van der Waals surface area (Å²) in [6, 6.07) is 17.9. The molecule has 0 aromatic heterocycles. The molecule has 0 bridgehead atoms. The molecule has 1 heterocycles. The minimum Gasteiger partial charge on any atom is -0.479 e. The van der Waals surface area contributed by atoms with Crippen molar-refractivity contribution in [2.75, 3.05) is 12.3 Å². The van der Waals surface area contributed by atoms with E-state index in [1.807, 2.05) is 0 Å². The highest BCUT2D eigenvalue weighted by molar-refractivity contribution is 8.00. The summed E-state index contributed by atoms with van der Waals surface area (Å²) >= 11 is 13.6. The number of rotatable bonds is 6. The lowest BCUT2D eigenvalue weighted by molar-refractivity contribution is -0.138. The number of benzene rings is 3. The van der Waals surface area contributed by atoms with Gasteiger partial charge in [-0.1, -0.05) is 53.5 Å². The van der Waals surface area contributed by atoms with E-state index in [2.05, 4.69) is 0 Å². The second-order valence-corrected chi connectivity index (χ2v) is 9.31. The van der Waals surface area contributed by atoms with E-state index in [1.165, 1.54) is 17.0 Å². The zero-order valence-electron chi connectivity index (χ0n) is 17.1. The van der Waals surface area contributed by atoms with E-state index in [0.717, 1.165) is 17.8 Å². The van der Waals surface area contributed by atoms with Gasteiger partial charge in [0, 0.05) is 33.5 Å². The Hall–Kier alpha value is -2.74. The number of ether oxygens (including phenoxy) is 1. The van der Waals surface area contributed by atoms with E-state index < -0.39 is 29.2 Å². The molecule has 1 unspecified atom stereocenters. The third-order valence-electron chi connectivity index (χ3n) is 5.15. The number of aliphatic carboxylic acids is 1. The Balaban J connectivity index is 1.63. The minimum absolute atomic E-state index is 0.0504. The predicted molar refractivity (Wildman–Crippen MR) is 127 cm³/mol. The number of carbonyl (C=O) groups excluding carboxylic acids is 1. The van der Waals surface area contributed by atoms with Crippen LogP contribution in [0.2, 0.25) is 10.0 Å². The predicted octanol–water partition coefficient (Wildman–Crippen LogP) is 5.90. The van der Waals surface area contributed by atoms with Gasteiger partial charge in [-0.05, 0) is 42.0 Å². The maximum absolute atomic E-state index is 15.0. The fourth-order valence-electron chi connectivity index (χ4n) is 3.54. The van der Waals surface area contributed by atoms with Crippen molar-refractivity contribution in [1.29, 1.82) is 0 Å². The van der Waals surface area contributed by atoms with Gasteiger partial charge in [-0.25, -0.2) is 9.18 Å². The highest BCUT2D eigenvalue weighted by Gasteiger charge is 2.35.